The van der Waals surface area contributed by atoms with Gasteiger partial charge in [-0.2, -0.15) is 0 Å². The Balaban J connectivity index is 2.49. The molecular weight excluding hydrogens is 182 g/mol. The van der Waals surface area contributed by atoms with Crippen LogP contribution in [0.2, 0.25) is 0 Å². The molecule has 13 heavy (non-hydrogen) atoms. The van der Waals surface area contributed by atoms with E-state index in [9.17, 15) is 4.21 Å². The number of rotatable bonds is 2. The van der Waals surface area contributed by atoms with Crippen LogP contribution in [0, 0.1) is 16.6 Å². The molecule has 3 heteroatoms. The summed E-state index contributed by atoms with van der Waals surface area (Å²) in [4.78, 5) is 0. The van der Waals surface area contributed by atoms with E-state index >= 15 is 0 Å². The second-order valence-electron chi connectivity index (χ2n) is 4.68. The second-order valence-corrected chi connectivity index (χ2v) is 7.16. The van der Waals surface area contributed by atoms with Gasteiger partial charge in [-0.1, -0.05) is 13.8 Å². The molecule has 1 atom stereocenters. The zero-order valence-corrected chi connectivity index (χ0v) is 9.69. The average molecular weight is 203 g/mol. The van der Waals surface area contributed by atoms with Gasteiger partial charge in [-0.3, -0.25) is 4.78 Å². The van der Waals surface area contributed by atoms with E-state index in [-0.39, 0.29) is 5.25 Å². The zero-order valence-electron chi connectivity index (χ0n) is 8.88. The van der Waals surface area contributed by atoms with E-state index in [4.69, 9.17) is 4.78 Å². The first-order valence-electron chi connectivity index (χ1n) is 5.14. The molecule has 1 saturated carbocycles. The smallest absolute Gasteiger partial charge is 0.0441 e. The lowest BCUT2D eigenvalue weighted by molar-refractivity contribution is 0.281. The lowest BCUT2D eigenvalue weighted by atomic mass is 9.81. The van der Waals surface area contributed by atoms with Crippen molar-refractivity contribution in [2.45, 2.75) is 44.8 Å². The number of hydrogen-bond acceptors (Lipinski definition) is 2. The van der Waals surface area contributed by atoms with Crippen molar-refractivity contribution in [2.75, 3.05) is 6.26 Å². The monoisotopic (exact) mass is 203 g/mol. The topological polar surface area (TPSA) is 40.9 Å². The molecule has 0 saturated heterocycles. The van der Waals surface area contributed by atoms with Crippen LogP contribution in [0.15, 0.2) is 0 Å². The van der Waals surface area contributed by atoms with Crippen molar-refractivity contribution in [3.05, 3.63) is 0 Å². The quantitative estimate of drug-likeness (QED) is 0.736. The fraction of sp³-hybridized carbons (Fsp3) is 1.00. The highest BCUT2D eigenvalue weighted by Crippen LogP contribution is 2.32. The van der Waals surface area contributed by atoms with Crippen LogP contribution in [0.4, 0.5) is 0 Å². The normalized spacial score (nSPS) is 34.5. The lowest BCUT2D eigenvalue weighted by Gasteiger charge is -2.30. The van der Waals surface area contributed by atoms with Crippen LogP contribution in [-0.4, -0.2) is 15.7 Å². The Kier molecular flexibility index (Phi) is 3.38. The summed E-state index contributed by atoms with van der Waals surface area (Å²) in [5, 5.41) is 0.169. The second kappa shape index (κ2) is 3.99. The molecule has 0 aromatic heterocycles. The van der Waals surface area contributed by atoms with Gasteiger partial charge >= 0.3 is 0 Å². The fourth-order valence-electron chi connectivity index (χ4n) is 2.21. The van der Waals surface area contributed by atoms with Gasteiger partial charge < -0.3 is 0 Å². The summed E-state index contributed by atoms with van der Waals surface area (Å²) < 4.78 is 19.0. The Morgan fingerprint density at radius 2 is 1.69 bits per heavy atom. The molecule has 0 heterocycles. The van der Waals surface area contributed by atoms with Gasteiger partial charge in [0.15, 0.2) is 0 Å². The van der Waals surface area contributed by atoms with Gasteiger partial charge in [-0.25, -0.2) is 4.21 Å². The molecule has 0 aliphatic heterocycles. The largest absolute Gasteiger partial charge is 0.253 e. The zero-order chi connectivity index (χ0) is 10.1. The Labute approximate surface area is 82.1 Å². The summed E-state index contributed by atoms with van der Waals surface area (Å²) in [5.41, 5.74) is 0. The van der Waals surface area contributed by atoms with Gasteiger partial charge in [-0.15, -0.1) is 0 Å². The van der Waals surface area contributed by atoms with Crippen molar-refractivity contribution in [1.82, 2.24) is 0 Å². The highest BCUT2D eigenvalue weighted by Gasteiger charge is 2.26. The first-order valence-corrected chi connectivity index (χ1v) is 7.17. The van der Waals surface area contributed by atoms with E-state index in [0.717, 1.165) is 24.7 Å². The first kappa shape index (κ1) is 11.0. The van der Waals surface area contributed by atoms with E-state index in [2.05, 4.69) is 13.8 Å². The molecule has 0 radical (unpaired) electrons. The Morgan fingerprint density at radius 3 is 2.00 bits per heavy atom. The lowest BCUT2D eigenvalue weighted by Crippen LogP contribution is -2.27. The Bertz CT molecular complexity index is 248. The highest BCUT2D eigenvalue weighted by atomic mass is 32.2. The minimum atomic E-state index is -2.28. The van der Waals surface area contributed by atoms with Gasteiger partial charge in [0, 0.05) is 21.2 Å². The maximum Gasteiger partial charge on any atom is 0.0441 e. The summed E-state index contributed by atoms with van der Waals surface area (Å²) in [6.45, 7) is 4.52. The molecule has 0 aromatic carbocycles. The Morgan fingerprint density at radius 1 is 1.23 bits per heavy atom. The fourth-order valence-corrected chi connectivity index (χ4v) is 3.38. The molecule has 1 aliphatic carbocycles. The molecule has 1 unspecified atom stereocenters. The summed E-state index contributed by atoms with van der Waals surface area (Å²) in [6.07, 6.45) is 5.94. The summed E-state index contributed by atoms with van der Waals surface area (Å²) in [5.74, 6) is 1.55. The van der Waals surface area contributed by atoms with Crippen molar-refractivity contribution < 1.29 is 4.21 Å². The predicted octanol–water partition coefficient (Wildman–Crippen LogP) is 2.88. The average Bonchev–Trinajstić information content (AvgIpc) is 2.03. The number of nitrogens with one attached hydrogen (secondary N) is 1. The van der Waals surface area contributed by atoms with Crippen LogP contribution in [0.1, 0.15) is 39.5 Å². The van der Waals surface area contributed by atoms with Crippen LogP contribution in [0.3, 0.4) is 0 Å². The summed E-state index contributed by atoms with van der Waals surface area (Å²) >= 11 is 0. The standard InChI is InChI=1S/C10H21NOS/c1-8(2)9-4-6-10(7-5-9)13(3,11)12/h8-11H,4-7H2,1-3H3. The number of hydrogen-bond donors (Lipinski definition) is 1. The maximum absolute atomic E-state index is 11.5. The van der Waals surface area contributed by atoms with Crippen molar-refractivity contribution in [3.63, 3.8) is 0 Å². The van der Waals surface area contributed by atoms with Gasteiger partial charge in [0.1, 0.15) is 0 Å². The molecule has 0 bridgehead atoms. The summed E-state index contributed by atoms with van der Waals surface area (Å²) in [6, 6.07) is 0. The van der Waals surface area contributed by atoms with E-state index in [0.29, 0.717) is 0 Å². The molecule has 0 aromatic rings. The molecule has 1 N–H and O–H groups in total. The molecule has 0 spiro atoms. The highest BCUT2D eigenvalue weighted by molar-refractivity contribution is 7.92. The van der Waals surface area contributed by atoms with Crippen molar-refractivity contribution in [3.8, 4) is 0 Å². The van der Waals surface area contributed by atoms with Crippen LogP contribution in [0.5, 0.6) is 0 Å². The maximum atomic E-state index is 11.5. The van der Waals surface area contributed by atoms with Crippen molar-refractivity contribution >= 4 is 9.73 Å². The molecule has 1 rings (SSSR count). The minimum Gasteiger partial charge on any atom is -0.253 e. The predicted molar refractivity (Wildman–Crippen MR) is 57.4 cm³/mol. The van der Waals surface area contributed by atoms with Gasteiger partial charge in [-0.05, 0) is 37.5 Å². The van der Waals surface area contributed by atoms with E-state index in [1.807, 2.05) is 0 Å². The molecule has 1 fully saturated rings. The van der Waals surface area contributed by atoms with E-state index in [1.54, 1.807) is 6.26 Å². The molecule has 2 nitrogen and oxygen atoms in total. The third-order valence-electron chi connectivity index (χ3n) is 3.30. The van der Waals surface area contributed by atoms with Gasteiger partial charge in [0.05, 0.1) is 0 Å². The van der Waals surface area contributed by atoms with Crippen molar-refractivity contribution in [1.29, 1.82) is 4.78 Å². The van der Waals surface area contributed by atoms with Crippen LogP contribution in [0.25, 0.3) is 0 Å². The van der Waals surface area contributed by atoms with Crippen LogP contribution in [-0.2, 0) is 9.73 Å². The van der Waals surface area contributed by atoms with Crippen molar-refractivity contribution in [2.24, 2.45) is 11.8 Å². The first-order chi connectivity index (χ1) is 5.91. The van der Waals surface area contributed by atoms with Crippen LogP contribution >= 0.6 is 0 Å². The molecular formula is C10H21NOS. The van der Waals surface area contributed by atoms with E-state index in [1.165, 1.54) is 12.8 Å². The SMILES string of the molecule is CC(C)C1CCC(S(C)(=N)=O)CC1. The Hall–Kier alpha value is -0.0500. The van der Waals surface area contributed by atoms with Gasteiger partial charge in [0.2, 0.25) is 0 Å². The molecule has 0 amide bonds. The van der Waals surface area contributed by atoms with Gasteiger partial charge in [0.25, 0.3) is 0 Å². The van der Waals surface area contributed by atoms with Crippen LogP contribution < -0.4 is 0 Å². The summed E-state index contributed by atoms with van der Waals surface area (Å²) in [7, 11) is -2.28. The third kappa shape index (κ3) is 2.97. The van der Waals surface area contributed by atoms with E-state index < -0.39 is 9.73 Å². The third-order valence-corrected chi connectivity index (χ3v) is 5.04. The molecule has 1 aliphatic rings. The molecule has 78 valence electrons. The minimum absolute atomic E-state index is 0.169.